The molecule has 158 valence electrons. The Labute approximate surface area is 181 Å². The number of fused-ring (bicyclic) bond motifs is 1. The molecule has 1 unspecified atom stereocenters. The Morgan fingerprint density at radius 2 is 2.03 bits per heavy atom. The number of hydrogen-bond donors (Lipinski definition) is 3. The van der Waals surface area contributed by atoms with Crippen molar-refractivity contribution in [3.63, 3.8) is 0 Å². The Balaban J connectivity index is 1.58. The molecular weight excluding hydrogens is 419 g/mol. The van der Waals surface area contributed by atoms with Gasteiger partial charge in [0.1, 0.15) is 11.6 Å². The van der Waals surface area contributed by atoms with Crippen LogP contribution in [0.2, 0.25) is 0 Å². The summed E-state index contributed by atoms with van der Waals surface area (Å²) in [6, 6.07) is 13.7. The number of hydrogen-bond acceptors (Lipinski definition) is 5. The average Bonchev–Trinajstić information content (AvgIpc) is 2.73. The minimum Gasteiger partial charge on any atom is -0.323 e. The molecular formula is C22H19FN4O3S. The lowest BCUT2D eigenvalue weighted by Gasteiger charge is -2.23. The first kappa shape index (κ1) is 20.8. The first-order chi connectivity index (χ1) is 14.9. The van der Waals surface area contributed by atoms with E-state index < -0.39 is 29.1 Å². The second-order valence-electron chi connectivity index (χ2n) is 7.19. The zero-order valence-corrected chi connectivity index (χ0v) is 17.4. The van der Waals surface area contributed by atoms with E-state index in [2.05, 4.69) is 20.6 Å². The van der Waals surface area contributed by atoms with Crippen molar-refractivity contribution in [3.05, 3.63) is 81.4 Å². The highest BCUT2D eigenvalue weighted by atomic mass is 32.2. The summed E-state index contributed by atoms with van der Waals surface area (Å²) in [6.07, 6.45) is -0.228. The van der Waals surface area contributed by atoms with Gasteiger partial charge in [-0.05, 0) is 24.6 Å². The molecule has 3 N–H and O–H groups in total. The SMILES string of the molecule is Cc1cccc(CSc2nc3c(c(=O)[nH]2)C(C(=O)Nc2ccccc2F)CC(=O)N3)c1. The van der Waals surface area contributed by atoms with E-state index in [4.69, 9.17) is 0 Å². The van der Waals surface area contributed by atoms with E-state index in [-0.39, 0.29) is 23.5 Å². The number of nitrogens with one attached hydrogen (secondary N) is 3. The molecule has 0 bridgehead atoms. The largest absolute Gasteiger partial charge is 0.323 e. The molecule has 0 saturated heterocycles. The first-order valence-corrected chi connectivity index (χ1v) is 10.6. The van der Waals surface area contributed by atoms with Crippen LogP contribution in [0.5, 0.6) is 0 Å². The zero-order valence-electron chi connectivity index (χ0n) is 16.6. The number of carbonyl (C=O) groups is 2. The fourth-order valence-corrected chi connectivity index (χ4v) is 4.18. The number of anilines is 2. The molecule has 0 spiro atoms. The van der Waals surface area contributed by atoms with Crippen LogP contribution < -0.4 is 16.2 Å². The molecule has 1 aliphatic heterocycles. The van der Waals surface area contributed by atoms with Crippen LogP contribution in [0.4, 0.5) is 15.9 Å². The summed E-state index contributed by atoms with van der Waals surface area (Å²) < 4.78 is 13.9. The number of H-pyrrole nitrogens is 1. The van der Waals surface area contributed by atoms with Gasteiger partial charge in [-0.15, -0.1) is 0 Å². The Morgan fingerprint density at radius 1 is 1.23 bits per heavy atom. The number of aromatic nitrogens is 2. The molecule has 2 heterocycles. The predicted octanol–water partition coefficient (Wildman–Crippen LogP) is 3.57. The molecule has 0 fully saturated rings. The third-order valence-electron chi connectivity index (χ3n) is 4.84. The minimum absolute atomic E-state index is 0.0188. The highest BCUT2D eigenvalue weighted by Crippen LogP contribution is 2.31. The quantitative estimate of drug-likeness (QED) is 0.417. The van der Waals surface area contributed by atoms with Gasteiger partial charge in [0.2, 0.25) is 11.8 Å². The van der Waals surface area contributed by atoms with Crippen LogP contribution in [0, 0.1) is 12.7 Å². The third kappa shape index (κ3) is 4.66. The van der Waals surface area contributed by atoms with Crippen LogP contribution >= 0.6 is 11.8 Å². The number of aromatic amines is 1. The lowest BCUT2D eigenvalue weighted by molar-refractivity contribution is -0.123. The van der Waals surface area contributed by atoms with Gasteiger partial charge >= 0.3 is 0 Å². The van der Waals surface area contributed by atoms with Gasteiger partial charge in [0.25, 0.3) is 5.56 Å². The maximum absolute atomic E-state index is 13.9. The Hall–Kier alpha value is -3.46. The van der Waals surface area contributed by atoms with Crippen LogP contribution in [0.1, 0.15) is 29.0 Å². The standard InChI is InChI=1S/C22H19FN4O3S/c1-12-5-4-6-13(9-12)11-31-22-26-19-18(21(30)27-22)14(10-17(28)25-19)20(29)24-16-8-3-2-7-15(16)23/h2-9,14H,10-11H2,1H3,(H,24,29)(H2,25,26,27,28,30). The van der Waals surface area contributed by atoms with E-state index in [0.717, 1.165) is 11.1 Å². The van der Waals surface area contributed by atoms with Gasteiger partial charge in [-0.3, -0.25) is 14.4 Å². The fraction of sp³-hybridized carbons (Fsp3) is 0.182. The van der Waals surface area contributed by atoms with E-state index in [1.165, 1.54) is 30.0 Å². The number of nitrogens with zero attached hydrogens (tertiary/aromatic N) is 1. The Morgan fingerprint density at radius 3 is 2.81 bits per heavy atom. The second-order valence-corrected chi connectivity index (χ2v) is 8.15. The monoisotopic (exact) mass is 438 g/mol. The minimum atomic E-state index is -1.07. The maximum Gasteiger partial charge on any atom is 0.257 e. The van der Waals surface area contributed by atoms with Crippen molar-refractivity contribution in [2.24, 2.45) is 0 Å². The molecule has 3 aromatic rings. The predicted molar refractivity (Wildman–Crippen MR) is 117 cm³/mol. The molecule has 0 aliphatic carbocycles. The van der Waals surface area contributed by atoms with Crippen molar-refractivity contribution >= 4 is 35.1 Å². The summed E-state index contributed by atoms with van der Waals surface area (Å²) in [7, 11) is 0. The van der Waals surface area contributed by atoms with Crippen molar-refractivity contribution < 1.29 is 14.0 Å². The van der Waals surface area contributed by atoms with Gasteiger partial charge in [0, 0.05) is 12.2 Å². The number of benzene rings is 2. The molecule has 0 saturated carbocycles. The highest BCUT2D eigenvalue weighted by Gasteiger charge is 2.35. The van der Waals surface area contributed by atoms with Crippen LogP contribution in [0.25, 0.3) is 0 Å². The van der Waals surface area contributed by atoms with Gasteiger partial charge in [-0.25, -0.2) is 9.37 Å². The lowest BCUT2D eigenvalue weighted by Crippen LogP contribution is -2.36. The van der Waals surface area contributed by atoms with Crippen molar-refractivity contribution in [1.29, 1.82) is 0 Å². The molecule has 1 aliphatic rings. The number of carbonyl (C=O) groups excluding carboxylic acids is 2. The van der Waals surface area contributed by atoms with Gasteiger partial charge in [-0.2, -0.15) is 0 Å². The van der Waals surface area contributed by atoms with Gasteiger partial charge in [-0.1, -0.05) is 53.7 Å². The Kier molecular flexibility index (Phi) is 5.85. The first-order valence-electron chi connectivity index (χ1n) is 9.58. The van der Waals surface area contributed by atoms with Gasteiger partial charge in [0.15, 0.2) is 5.16 Å². The lowest BCUT2D eigenvalue weighted by atomic mass is 9.92. The highest BCUT2D eigenvalue weighted by molar-refractivity contribution is 7.98. The molecule has 7 nitrogen and oxygen atoms in total. The normalized spacial score (nSPS) is 15.2. The van der Waals surface area contributed by atoms with E-state index >= 15 is 0 Å². The van der Waals surface area contributed by atoms with E-state index in [1.54, 1.807) is 6.07 Å². The van der Waals surface area contributed by atoms with Crippen LogP contribution in [0.3, 0.4) is 0 Å². The zero-order chi connectivity index (χ0) is 22.0. The number of thioether (sulfide) groups is 1. The molecule has 1 atom stereocenters. The van der Waals surface area contributed by atoms with Gasteiger partial charge in [0.05, 0.1) is 17.2 Å². The summed E-state index contributed by atoms with van der Waals surface area (Å²) in [5.41, 5.74) is 1.73. The maximum atomic E-state index is 13.9. The van der Waals surface area contributed by atoms with Crippen LogP contribution in [-0.2, 0) is 15.3 Å². The third-order valence-corrected chi connectivity index (χ3v) is 5.78. The fourth-order valence-electron chi connectivity index (χ4n) is 3.38. The summed E-state index contributed by atoms with van der Waals surface area (Å²) in [6.45, 7) is 2.00. The van der Waals surface area contributed by atoms with E-state index in [9.17, 15) is 18.8 Å². The molecule has 2 aromatic carbocycles. The molecule has 31 heavy (non-hydrogen) atoms. The average molecular weight is 438 g/mol. The molecule has 0 radical (unpaired) electrons. The molecule has 4 rings (SSSR count). The number of para-hydroxylation sites is 1. The summed E-state index contributed by atoms with van der Waals surface area (Å²) in [5, 5.41) is 5.36. The van der Waals surface area contributed by atoms with Crippen molar-refractivity contribution in [2.75, 3.05) is 10.6 Å². The summed E-state index contributed by atoms with van der Waals surface area (Å²) >= 11 is 1.32. The topological polar surface area (TPSA) is 104 Å². The second kappa shape index (κ2) is 8.73. The van der Waals surface area contributed by atoms with Crippen molar-refractivity contribution in [1.82, 2.24) is 9.97 Å². The summed E-state index contributed by atoms with van der Waals surface area (Å²) in [4.78, 5) is 44.7. The van der Waals surface area contributed by atoms with E-state index in [1.807, 2.05) is 31.2 Å². The molecule has 9 heteroatoms. The molecule has 1 aromatic heterocycles. The summed E-state index contributed by atoms with van der Waals surface area (Å²) in [5.74, 6) is -2.13. The van der Waals surface area contributed by atoms with Crippen molar-refractivity contribution in [2.45, 2.75) is 30.2 Å². The van der Waals surface area contributed by atoms with Crippen LogP contribution in [0.15, 0.2) is 58.5 Å². The number of rotatable bonds is 5. The van der Waals surface area contributed by atoms with Gasteiger partial charge < -0.3 is 15.6 Å². The van der Waals surface area contributed by atoms with Crippen LogP contribution in [-0.4, -0.2) is 21.8 Å². The van der Waals surface area contributed by atoms with E-state index in [0.29, 0.717) is 10.9 Å². The number of aryl methyl sites for hydroxylation is 1. The van der Waals surface area contributed by atoms with Crippen molar-refractivity contribution in [3.8, 4) is 0 Å². The number of halogens is 1. The molecule has 2 amide bonds. The number of amides is 2. The Bertz CT molecular complexity index is 1230. The smallest absolute Gasteiger partial charge is 0.257 e.